The van der Waals surface area contributed by atoms with E-state index in [1.54, 1.807) is 0 Å². The monoisotopic (exact) mass is 587 g/mol. The van der Waals surface area contributed by atoms with Gasteiger partial charge in [0.1, 0.15) is 0 Å². The smallest absolute Gasteiger partial charge is 0.0546 e. The molecule has 1 nitrogen and oxygen atoms in total. The van der Waals surface area contributed by atoms with E-state index >= 15 is 0 Å². The van der Waals surface area contributed by atoms with Gasteiger partial charge in [0, 0.05) is 22.2 Å². The quantitative estimate of drug-likeness (QED) is 0.185. The van der Waals surface area contributed by atoms with Gasteiger partial charge in [-0.1, -0.05) is 147 Å². The first-order valence-corrected chi connectivity index (χ1v) is 16.1. The van der Waals surface area contributed by atoms with Crippen LogP contribution in [0.25, 0.3) is 54.6 Å². The molecule has 0 radical (unpaired) electrons. The van der Waals surface area contributed by atoms with Crippen molar-refractivity contribution in [2.75, 3.05) is 4.90 Å². The predicted octanol–water partition coefficient (Wildman–Crippen LogP) is 12.6. The fourth-order valence-electron chi connectivity index (χ4n) is 7.75. The molecule has 0 heterocycles. The first kappa shape index (κ1) is 26.7. The summed E-state index contributed by atoms with van der Waals surface area (Å²) in [6.45, 7) is 4.73. The van der Waals surface area contributed by atoms with E-state index in [2.05, 4.69) is 183 Å². The number of fused-ring (bicyclic) bond motifs is 7. The minimum Gasteiger partial charge on any atom is -0.310 e. The van der Waals surface area contributed by atoms with E-state index < -0.39 is 0 Å². The van der Waals surface area contributed by atoms with Crippen molar-refractivity contribution in [3.05, 3.63) is 175 Å². The third-order valence-corrected chi connectivity index (χ3v) is 10.0. The molecule has 0 aromatic heterocycles. The van der Waals surface area contributed by atoms with Gasteiger partial charge in [0.15, 0.2) is 0 Å². The second-order valence-corrected chi connectivity index (χ2v) is 13.0. The molecule has 0 unspecified atom stereocenters. The van der Waals surface area contributed by atoms with E-state index in [4.69, 9.17) is 0 Å². The molecule has 1 heteroatoms. The number of nitrogens with zero attached hydrogens (tertiary/aromatic N) is 1. The van der Waals surface area contributed by atoms with Crippen LogP contribution < -0.4 is 4.90 Å². The molecule has 8 aromatic rings. The molecule has 218 valence electrons. The summed E-state index contributed by atoms with van der Waals surface area (Å²) < 4.78 is 0. The highest BCUT2D eigenvalue weighted by Gasteiger charge is 2.37. The van der Waals surface area contributed by atoms with Gasteiger partial charge in [0.25, 0.3) is 0 Å². The molecule has 0 amide bonds. The molecular weight excluding hydrogens is 555 g/mol. The Morgan fingerprint density at radius 2 is 1.07 bits per heavy atom. The summed E-state index contributed by atoms with van der Waals surface area (Å²) in [5.74, 6) is 0. The molecule has 0 atom stereocenters. The molecule has 0 bridgehead atoms. The summed E-state index contributed by atoms with van der Waals surface area (Å²) >= 11 is 0. The van der Waals surface area contributed by atoms with Crippen LogP contribution in [0.15, 0.2) is 164 Å². The van der Waals surface area contributed by atoms with Gasteiger partial charge in [-0.25, -0.2) is 0 Å². The van der Waals surface area contributed by atoms with Crippen LogP contribution >= 0.6 is 0 Å². The summed E-state index contributed by atoms with van der Waals surface area (Å²) in [6.07, 6.45) is 0. The van der Waals surface area contributed by atoms with Gasteiger partial charge in [-0.3, -0.25) is 0 Å². The number of hydrogen-bond donors (Lipinski definition) is 0. The number of anilines is 3. The summed E-state index contributed by atoms with van der Waals surface area (Å²) in [4.78, 5) is 2.47. The van der Waals surface area contributed by atoms with E-state index in [0.717, 1.165) is 11.4 Å². The predicted molar refractivity (Wildman–Crippen MR) is 197 cm³/mol. The van der Waals surface area contributed by atoms with Gasteiger partial charge < -0.3 is 4.90 Å². The van der Waals surface area contributed by atoms with Crippen LogP contribution in [-0.2, 0) is 5.41 Å². The highest BCUT2D eigenvalue weighted by Crippen LogP contribution is 2.54. The molecule has 46 heavy (non-hydrogen) atoms. The van der Waals surface area contributed by atoms with E-state index in [9.17, 15) is 0 Å². The molecule has 0 saturated heterocycles. The Morgan fingerprint density at radius 1 is 0.413 bits per heavy atom. The van der Waals surface area contributed by atoms with E-state index in [0.29, 0.717) is 0 Å². The number of benzene rings is 8. The highest BCUT2D eigenvalue weighted by atomic mass is 15.1. The fraction of sp³-hybridized carbons (Fsp3) is 0.0667. The molecule has 0 spiro atoms. The Morgan fingerprint density at radius 3 is 1.89 bits per heavy atom. The lowest BCUT2D eigenvalue weighted by Gasteiger charge is -2.29. The summed E-state index contributed by atoms with van der Waals surface area (Å²) in [6, 6.07) is 60.2. The first-order valence-electron chi connectivity index (χ1n) is 16.1. The molecule has 9 rings (SSSR count). The standard InChI is InChI=1S/C45H33N/c1-45(2)41-26-25-35(29-40(41)44-37(21-12-22-42(44)45)31-14-4-3-5-15-31)46(34-24-23-30-13-6-7-16-32(30)27-34)43-28-33-17-8-9-18-36(33)38-19-10-11-20-39(38)43/h3-29H,1-2H3. The number of hydrogen-bond acceptors (Lipinski definition) is 1. The molecule has 0 saturated carbocycles. The van der Waals surface area contributed by atoms with E-state index in [1.165, 1.54) is 71.4 Å². The van der Waals surface area contributed by atoms with Crippen molar-refractivity contribution in [1.82, 2.24) is 0 Å². The maximum atomic E-state index is 2.47. The second kappa shape index (κ2) is 10.2. The van der Waals surface area contributed by atoms with Crippen LogP contribution in [0.2, 0.25) is 0 Å². The Bertz CT molecular complexity index is 2450. The maximum Gasteiger partial charge on any atom is 0.0546 e. The zero-order chi connectivity index (χ0) is 30.8. The third kappa shape index (κ3) is 4.02. The summed E-state index contributed by atoms with van der Waals surface area (Å²) in [5.41, 5.74) is 11.3. The lowest BCUT2D eigenvalue weighted by Crippen LogP contribution is -2.15. The Kier molecular flexibility index (Phi) is 5.92. The van der Waals surface area contributed by atoms with Crippen LogP contribution in [-0.4, -0.2) is 0 Å². The SMILES string of the molecule is CC1(C)c2ccc(N(c3ccc4ccccc4c3)c3cc4ccccc4c4ccccc34)cc2-c2c(-c3ccccc3)cccc21. The van der Waals surface area contributed by atoms with Crippen molar-refractivity contribution < 1.29 is 0 Å². The van der Waals surface area contributed by atoms with E-state index in [1.807, 2.05) is 0 Å². The lowest BCUT2D eigenvalue weighted by atomic mass is 9.82. The summed E-state index contributed by atoms with van der Waals surface area (Å²) in [7, 11) is 0. The topological polar surface area (TPSA) is 3.24 Å². The minimum absolute atomic E-state index is 0.0998. The third-order valence-electron chi connectivity index (χ3n) is 10.0. The van der Waals surface area contributed by atoms with Gasteiger partial charge in [-0.15, -0.1) is 0 Å². The van der Waals surface area contributed by atoms with Crippen molar-refractivity contribution >= 4 is 49.4 Å². The molecular formula is C45H33N. The molecule has 8 aromatic carbocycles. The van der Waals surface area contributed by atoms with Crippen molar-refractivity contribution in [1.29, 1.82) is 0 Å². The van der Waals surface area contributed by atoms with Gasteiger partial charge in [0.05, 0.1) is 5.69 Å². The first-order chi connectivity index (χ1) is 22.6. The fourth-order valence-corrected chi connectivity index (χ4v) is 7.75. The zero-order valence-electron chi connectivity index (χ0n) is 26.0. The van der Waals surface area contributed by atoms with Crippen molar-refractivity contribution in [3.8, 4) is 22.3 Å². The number of rotatable bonds is 4. The Labute approximate surface area is 270 Å². The largest absolute Gasteiger partial charge is 0.310 e. The average Bonchev–Trinajstić information content (AvgIpc) is 3.34. The van der Waals surface area contributed by atoms with Crippen LogP contribution in [0.5, 0.6) is 0 Å². The Balaban J connectivity index is 1.34. The van der Waals surface area contributed by atoms with Crippen LogP contribution in [0.3, 0.4) is 0 Å². The van der Waals surface area contributed by atoms with Crippen molar-refractivity contribution in [3.63, 3.8) is 0 Å². The van der Waals surface area contributed by atoms with Crippen molar-refractivity contribution in [2.45, 2.75) is 19.3 Å². The average molecular weight is 588 g/mol. The van der Waals surface area contributed by atoms with Gasteiger partial charge in [-0.2, -0.15) is 0 Å². The van der Waals surface area contributed by atoms with E-state index in [-0.39, 0.29) is 5.41 Å². The Hall–Kier alpha value is -5.66. The molecule has 0 N–H and O–H groups in total. The highest BCUT2D eigenvalue weighted by molar-refractivity contribution is 6.15. The molecule has 0 fully saturated rings. The van der Waals surface area contributed by atoms with Gasteiger partial charge >= 0.3 is 0 Å². The minimum atomic E-state index is -0.0998. The van der Waals surface area contributed by atoms with Crippen LogP contribution in [0.4, 0.5) is 17.1 Å². The zero-order valence-corrected chi connectivity index (χ0v) is 26.0. The normalized spacial score (nSPS) is 13.2. The lowest BCUT2D eigenvalue weighted by molar-refractivity contribution is 0.660. The molecule has 1 aliphatic carbocycles. The van der Waals surface area contributed by atoms with Gasteiger partial charge in [0.2, 0.25) is 0 Å². The van der Waals surface area contributed by atoms with Crippen LogP contribution in [0, 0.1) is 0 Å². The molecule has 1 aliphatic rings. The van der Waals surface area contributed by atoms with Gasteiger partial charge in [-0.05, 0) is 90.6 Å². The summed E-state index contributed by atoms with van der Waals surface area (Å²) in [5, 5.41) is 7.49. The van der Waals surface area contributed by atoms with Crippen LogP contribution in [0.1, 0.15) is 25.0 Å². The second-order valence-electron chi connectivity index (χ2n) is 13.0. The molecule has 0 aliphatic heterocycles. The van der Waals surface area contributed by atoms with Crippen molar-refractivity contribution in [2.24, 2.45) is 0 Å². The maximum absolute atomic E-state index is 2.47.